The highest BCUT2D eigenvalue weighted by atomic mass is 16.5. The predicted molar refractivity (Wildman–Crippen MR) is 100 cm³/mol. The summed E-state index contributed by atoms with van der Waals surface area (Å²) in [4.78, 5) is 13.5. The number of likely N-dealkylation sites (N-methyl/N-ethyl adjacent to an activating group) is 1. The highest BCUT2D eigenvalue weighted by molar-refractivity contribution is 5.66. The lowest BCUT2D eigenvalue weighted by Gasteiger charge is -2.28. The number of rotatable bonds is 9. The van der Waals surface area contributed by atoms with E-state index in [1.165, 1.54) is 6.92 Å². The Morgan fingerprint density at radius 3 is 2.15 bits per heavy atom. The van der Waals surface area contributed by atoms with Crippen molar-refractivity contribution in [2.45, 2.75) is 46.1 Å². The van der Waals surface area contributed by atoms with E-state index >= 15 is 0 Å². The second-order valence-corrected chi connectivity index (χ2v) is 6.38. The van der Waals surface area contributed by atoms with Crippen LogP contribution < -0.4 is 14.2 Å². The lowest BCUT2D eigenvalue weighted by molar-refractivity contribution is -0.142. The molecule has 0 aliphatic carbocycles. The molecule has 0 radical (unpaired) electrons. The Hall–Kier alpha value is -1.95. The van der Waals surface area contributed by atoms with Crippen LogP contribution in [0.1, 0.15) is 45.6 Å². The van der Waals surface area contributed by atoms with Crippen molar-refractivity contribution in [3.05, 3.63) is 17.7 Å². The molecular weight excluding hydrogens is 334 g/mol. The van der Waals surface area contributed by atoms with Gasteiger partial charge in [0.15, 0.2) is 0 Å². The zero-order chi connectivity index (χ0) is 19.1. The monoisotopic (exact) mass is 365 g/mol. The number of nitrogens with zero attached hydrogens (tertiary/aromatic N) is 1. The molecule has 1 aromatic carbocycles. The number of hydrogen-bond donors (Lipinski definition) is 0. The van der Waals surface area contributed by atoms with Gasteiger partial charge in [0.05, 0.1) is 25.9 Å². The fourth-order valence-electron chi connectivity index (χ4n) is 3.53. The van der Waals surface area contributed by atoms with Crippen LogP contribution >= 0.6 is 0 Å². The third-order valence-electron chi connectivity index (χ3n) is 4.64. The van der Waals surface area contributed by atoms with Gasteiger partial charge >= 0.3 is 5.97 Å². The van der Waals surface area contributed by atoms with Crippen LogP contribution in [-0.2, 0) is 9.53 Å². The summed E-state index contributed by atoms with van der Waals surface area (Å²) < 4.78 is 22.9. The predicted octanol–water partition coefficient (Wildman–Crippen LogP) is 3.23. The third-order valence-corrected chi connectivity index (χ3v) is 4.64. The van der Waals surface area contributed by atoms with Gasteiger partial charge < -0.3 is 18.9 Å². The molecule has 0 aromatic heterocycles. The largest absolute Gasteiger partial charge is 0.494 e. The van der Waals surface area contributed by atoms with Crippen molar-refractivity contribution in [1.29, 1.82) is 0 Å². The molecule has 26 heavy (non-hydrogen) atoms. The second-order valence-electron chi connectivity index (χ2n) is 6.38. The van der Waals surface area contributed by atoms with Crippen molar-refractivity contribution >= 4 is 5.97 Å². The molecular formula is C20H31NO5. The molecule has 1 aromatic rings. The normalized spacial score (nSPS) is 20.0. The van der Waals surface area contributed by atoms with Crippen LogP contribution in [0.5, 0.6) is 17.2 Å². The van der Waals surface area contributed by atoms with E-state index in [2.05, 4.69) is 11.9 Å². The fourth-order valence-corrected chi connectivity index (χ4v) is 3.53. The Balaban J connectivity index is 2.44. The molecule has 1 saturated heterocycles. The molecule has 146 valence electrons. The Morgan fingerprint density at radius 2 is 1.65 bits per heavy atom. The minimum absolute atomic E-state index is 0.0928. The Bertz CT molecular complexity index is 577. The van der Waals surface area contributed by atoms with Crippen LogP contribution in [0.15, 0.2) is 12.1 Å². The summed E-state index contributed by atoms with van der Waals surface area (Å²) in [6.45, 7) is 10.3. The van der Waals surface area contributed by atoms with Crippen molar-refractivity contribution in [1.82, 2.24) is 4.90 Å². The Labute approximate surface area is 156 Å². The smallest absolute Gasteiger partial charge is 0.302 e. The maximum absolute atomic E-state index is 11.3. The number of likely N-dealkylation sites (tertiary alicyclic amines) is 1. The topological polar surface area (TPSA) is 57.2 Å². The van der Waals surface area contributed by atoms with Crippen LogP contribution in [0.25, 0.3) is 0 Å². The van der Waals surface area contributed by atoms with Gasteiger partial charge in [0.1, 0.15) is 23.9 Å². The average molecular weight is 365 g/mol. The molecule has 0 N–H and O–H groups in total. The van der Waals surface area contributed by atoms with Gasteiger partial charge in [-0.3, -0.25) is 9.69 Å². The molecule has 2 atom stereocenters. The van der Waals surface area contributed by atoms with E-state index in [-0.39, 0.29) is 17.9 Å². The number of carbonyl (C=O) groups excluding carboxylic acids is 1. The standard InChI is InChI=1S/C20H31NO5/c1-6-23-15-11-18(24-7-2)20(19(12-15)25-8-3)16-9-10-21(5)17(16)13-26-14(4)22/h11-12,16-17H,6-10,13H2,1-5H3/t16-,17+/m0/s1. The summed E-state index contributed by atoms with van der Waals surface area (Å²) in [5.74, 6) is 2.22. The van der Waals surface area contributed by atoms with E-state index in [1.54, 1.807) is 0 Å². The first kappa shape index (κ1) is 20.4. The molecule has 0 unspecified atom stereocenters. The summed E-state index contributed by atoms with van der Waals surface area (Å²) in [6, 6.07) is 3.97. The van der Waals surface area contributed by atoms with Gasteiger partial charge in [-0.1, -0.05) is 0 Å². The van der Waals surface area contributed by atoms with Gasteiger partial charge in [-0.2, -0.15) is 0 Å². The van der Waals surface area contributed by atoms with Crippen LogP contribution in [0, 0.1) is 0 Å². The quantitative estimate of drug-likeness (QED) is 0.626. The summed E-state index contributed by atoms with van der Waals surface area (Å²) in [5.41, 5.74) is 1.04. The van der Waals surface area contributed by atoms with E-state index in [0.29, 0.717) is 26.4 Å². The highest BCUT2D eigenvalue weighted by Crippen LogP contribution is 2.45. The molecule has 0 amide bonds. The van der Waals surface area contributed by atoms with Crippen molar-refractivity contribution in [2.24, 2.45) is 0 Å². The molecule has 2 rings (SSSR count). The number of ether oxygens (including phenoxy) is 4. The number of hydrogen-bond acceptors (Lipinski definition) is 6. The SMILES string of the molecule is CCOc1cc(OCC)c([C@H]2CCN(C)[C@@H]2COC(C)=O)c(OCC)c1. The third kappa shape index (κ3) is 4.81. The van der Waals surface area contributed by atoms with E-state index < -0.39 is 0 Å². The lowest BCUT2D eigenvalue weighted by atomic mass is 9.90. The molecule has 0 spiro atoms. The van der Waals surface area contributed by atoms with Gasteiger partial charge in [0, 0.05) is 30.5 Å². The van der Waals surface area contributed by atoms with Crippen LogP contribution in [0.4, 0.5) is 0 Å². The van der Waals surface area contributed by atoms with Crippen LogP contribution in [0.2, 0.25) is 0 Å². The van der Waals surface area contributed by atoms with Gasteiger partial charge in [0.25, 0.3) is 0 Å². The van der Waals surface area contributed by atoms with E-state index in [4.69, 9.17) is 18.9 Å². The minimum Gasteiger partial charge on any atom is -0.494 e. The fraction of sp³-hybridized carbons (Fsp3) is 0.650. The number of esters is 1. The maximum atomic E-state index is 11.3. The summed E-state index contributed by atoms with van der Waals surface area (Å²) in [7, 11) is 2.06. The molecule has 1 heterocycles. The van der Waals surface area contributed by atoms with Gasteiger partial charge in [-0.25, -0.2) is 0 Å². The van der Waals surface area contributed by atoms with E-state index in [0.717, 1.165) is 35.8 Å². The molecule has 6 heteroatoms. The maximum Gasteiger partial charge on any atom is 0.302 e. The van der Waals surface area contributed by atoms with Crippen molar-refractivity contribution in [2.75, 3.05) is 40.0 Å². The first-order chi connectivity index (χ1) is 12.5. The number of carbonyl (C=O) groups is 1. The zero-order valence-electron chi connectivity index (χ0n) is 16.5. The van der Waals surface area contributed by atoms with Gasteiger partial charge in [-0.05, 0) is 40.8 Å². The zero-order valence-corrected chi connectivity index (χ0v) is 16.5. The van der Waals surface area contributed by atoms with Gasteiger partial charge in [0.2, 0.25) is 0 Å². The molecule has 0 bridgehead atoms. The first-order valence-electron chi connectivity index (χ1n) is 9.41. The molecule has 1 fully saturated rings. The van der Waals surface area contributed by atoms with Crippen molar-refractivity contribution in [3.8, 4) is 17.2 Å². The molecule has 6 nitrogen and oxygen atoms in total. The van der Waals surface area contributed by atoms with E-state index in [1.807, 2.05) is 32.9 Å². The van der Waals surface area contributed by atoms with E-state index in [9.17, 15) is 4.79 Å². The van der Waals surface area contributed by atoms with Crippen molar-refractivity contribution < 1.29 is 23.7 Å². The average Bonchev–Trinajstić information content (AvgIpc) is 2.94. The van der Waals surface area contributed by atoms with Crippen LogP contribution in [-0.4, -0.2) is 56.9 Å². The summed E-state index contributed by atoms with van der Waals surface area (Å²) in [5, 5.41) is 0. The summed E-state index contributed by atoms with van der Waals surface area (Å²) >= 11 is 0. The Morgan fingerprint density at radius 1 is 1.08 bits per heavy atom. The van der Waals surface area contributed by atoms with Crippen molar-refractivity contribution in [3.63, 3.8) is 0 Å². The molecule has 0 saturated carbocycles. The summed E-state index contributed by atoms with van der Waals surface area (Å²) in [6.07, 6.45) is 0.955. The lowest BCUT2D eigenvalue weighted by Crippen LogP contribution is -2.34. The van der Waals surface area contributed by atoms with Gasteiger partial charge in [-0.15, -0.1) is 0 Å². The first-order valence-corrected chi connectivity index (χ1v) is 9.41. The van der Waals surface area contributed by atoms with Crippen LogP contribution in [0.3, 0.4) is 0 Å². The minimum atomic E-state index is -0.259. The molecule has 1 aliphatic rings. The highest BCUT2D eigenvalue weighted by Gasteiger charge is 2.37. The Kier molecular flexibility index (Phi) is 7.57. The number of benzene rings is 1. The second kappa shape index (κ2) is 9.67. The molecule has 1 aliphatic heterocycles.